The van der Waals surface area contributed by atoms with Crippen molar-refractivity contribution in [3.8, 4) is 33.6 Å². The Balaban J connectivity index is 0.000000229. The summed E-state index contributed by atoms with van der Waals surface area (Å²) in [5.41, 5.74) is 14.8. The van der Waals surface area contributed by atoms with Gasteiger partial charge in [-0.3, -0.25) is 0 Å². The molecule has 0 aliphatic rings. The first-order valence-corrected chi connectivity index (χ1v) is 23.2. The van der Waals surface area contributed by atoms with Gasteiger partial charge in [-0.1, -0.05) is 154 Å². The van der Waals surface area contributed by atoms with Gasteiger partial charge < -0.3 is 14.4 Å². The Kier molecular flexibility index (Phi) is 12.9. The Morgan fingerprint density at radius 2 is 1.36 bits per heavy atom. The number of benzene rings is 4. The summed E-state index contributed by atoms with van der Waals surface area (Å²) in [6.45, 7) is 29.4. The molecule has 56 heavy (non-hydrogen) atoms. The van der Waals surface area contributed by atoms with Crippen molar-refractivity contribution in [2.75, 3.05) is 0 Å². The van der Waals surface area contributed by atoms with Crippen molar-refractivity contribution in [2.24, 2.45) is 5.92 Å². The number of aryl methyl sites for hydroxylation is 2. The van der Waals surface area contributed by atoms with Crippen LogP contribution in [-0.4, -0.2) is 18.0 Å². The second-order valence-corrected chi connectivity index (χ2v) is 23.8. The molecule has 0 unspecified atom stereocenters. The van der Waals surface area contributed by atoms with E-state index in [1.807, 2.05) is 12.3 Å². The molecule has 7 aromatic rings. The average molecular weight is 935 g/mol. The Labute approximate surface area is 350 Å². The van der Waals surface area contributed by atoms with E-state index in [-0.39, 0.29) is 30.9 Å². The molecule has 0 fully saturated rings. The SMILES string of the molecule is CC(C)(C)c1ccc(-c2ccc3c(c2)oc2c(-c4cc(C(C)(C)C)ccn4)[c-]ccc23)cc1.Cc1c[c-]c(-c2cc(CC(C)C)c([Si](C)(C)C)cn2)c(C)c1.[Ir]. The quantitative estimate of drug-likeness (QED) is 0.123. The summed E-state index contributed by atoms with van der Waals surface area (Å²) in [6.07, 6.45) is 5.14. The Morgan fingerprint density at radius 3 is 1.98 bits per heavy atom. The molecule has 0 spiro atoms. The Morgan fingerprint density at radius 1 is 0.696 bits per heavy atom. The van der Waals surface area contributed by atoms with Crippen molar-refractivity contribution >= 4 is 35.2 Å². The molecule has 0 aliphatic carbocycles. The van der Waals surface area contributed by atoms with Crippen LogP contribution in [-0.2, 0) is 37.4 Å². The first-order valence-electron chi connectivity index (χ1n) is 19.7. The summed E-state index contributed by atoms with van der Waals surface area (Å²) < 4.78 is 6.43. The topological polar surface area (TPSA) is 38.9 Å². The van der Waals surface area contributed by atoms with Crippen LogP contribution in [0.4, 0.5) is 0 Å². The van der Waals surface area contributed by atoms with Crippen LogP contribution in [0.3, 0.4) is 0 Å². The minimum absolute atomic E-state index is 0. The largest absolute Gasteiger partial charge is 0.501 e. The predicted molar refractivity (Wildman–Crippen MR) is 238 cm³/mol. The van der Waals surface area contributed by atoms with Gasteiger partial charge in [0.2, 0.25) is 0 Å². The third-order valence-electron chi connectivity index (χ3n) is 10.4. The standard InChI is InChI=1S/C31H30NO.C20H28NSi.Ir/c1-30(2,3)22-13-10-20(11-14-22)21-12-15-24-25-8-7-9-26(29(25)33-28(24)18-21)27-19-23(16-17-32-27)31(4,5)6;1-14(2)10-17-12-19(21-13-20(17)22(5,6)7)18-9-8-15(3)11-16(18)4;/h7-8,10-19H,1-6H3;8,11-14H,10H2,1-7H3;/q2*-1;. The van der Waals surface area contributed by atoms with E-state index in [0.717, 1.165) is 56.4 Å². The molecule has 3 heterocycles. The van der Waals surface area contributed by atoms with Gasteiger partial charge in [0.1, 0.15) is 5.58 Å². The van der Waals surface area contributed by atoms with E-state index >= 15 is 0 Å². The molecule has 4 aromatic carbocycles. The smallest absolute Gasteiger partial charge is 0.121 e. The number of pyridine rings is 2. The van der Waals surface area contributed by atoms with Crippen LogP contribution < -0.4 is 5.19 Å². The minimum atomic E-state index is -1.36. The normalized spacial score (nSPS) is 12.1. The third kappa shape index (κ3) is 9.68. The second-order valence-electron chi connectivity index (χ2n) is 18.7. The van der Waals surface area contributed by atoms with E-state index in [0.29, 0.717) is 5.92 Å². The number of nitrogens with zero attached hydrogens (tertiary/aromatic N) is 2. The zero-order valence-corrected chi connectivity index (χ0v) is 39.1. The number of rotatable bonds is 6. The van der Waals surface area contributed by atoms with Crippen molar-refractivity contribution in [1.29, 1.82) is 0 Å². The summed E-state index contributed by atoms with van der Waals surface area (Å²) in [5.74, 6) is 0.661. The van der Waals surface area contributed by atoms with Gasteiger partial charge in [0.05, 0.1) is 13.7 Å². The number of hydrogen-bond acceptors (Lipinski definition) is 3. The van der Waals surface area contributed by atoms with Gasteiger partial charge in [0.15, 0.2) is 0 Å². The van der Waals surface area contributed by atoms with Crippen molar-refractivity contribution in [1.82, 2.24) is 9.97 Å². The van der Waals surface area contributed by atoms with Crippen LogP contribution in [0.25, 0.3) is 55.6 Å². The summed E-state index contributed by atoms with van der Waals surface area (Å²) >= 11 is 0. The molecule has 0 saturated heterocycles. The monoisotopic (exact) mass is 935 g/mol. The molecule has 5 heteroatoms. The number of furan rings is 1. The summed E-state index contributed by atoms with van der Waals surface area (Å²) in [5, 5.41) is 3.70. The Hall–Kier alpha value is -4.15. The fourth-order valence-electron chi connectivity index (χ4n) is 7.26. The van der Waals surface area contributed by atoms with Crippen LogP contribution in [0.15, 0.2) is 102 Å². The molecule has 0 saturated carbocycles. The van der Waals surface area contributed by atoms with Gasteiger partial charge >= 0.3 is 0 Å². The van der Waals surface area contributed by atoms with E-state index in [1.54, 1.807) is 0 Å². The first-order chi connectivity index (χ1) is 25.8. The molecule has 3 nitrogen and oxygen atoms in total. The zero-order chi connectivity index (χ0) is 39.9. The molecular formula is C51H58IrN2OSi-2. The number of aromatic nitrogens is 2. The van der Waals surface area contributed by atoms with E-state index in [9.17, 15) is 0 Å². The zero-order valence-electron chi connectivity index (χ0n) is 35.7. The fraction of sp³-hybridized carbons (Fsp3) is 0.333. The van der Waals surface area contributed by atoms with Crippen LogP contribution >= 0.6 is 0 Å². The second kappa shape index (κ2) is 16.8. The van der Waals surface area contributed by atoms with Gasteiger partial charge in [-0.2, -0.15) is 0 Å². The van der Waals surface area contributed by atoms with Crippen LogP contribution in [0.1, 0.15) is 83.2 Å². The van der Waals surface area contributed by atoms with Crippen LogP contribution in [0.2, 0.25) is 19.6 Å². The van der Waals surface area contributed by atoms with Crippen LogP contribution in [0.5, 0.6) is 0 Å². The summed E-state index contributed by atoms with van der Waals surface area (Å²) in [7, 11) is -1.36. The van der Waals surface area contributed by atoms with Gasteiger partial charge in [0.25, 0.3) is 0 Å². The molecule has 0 bridgehead atoms. The molecule has 0 atom stereocenters. The molecule has 0 amide bonds. The van der Waals surface area contributed by atoms with Gasteiger partial charge in [-0.25, -0.2) is 0 Å². The maximum Gasteiger partial charge on any atom is 0.121 e. The fourth-order valence-corrected chi connectivity index (χ4v) is 8.85. The number of hydrogen-bond donors (Lipinski definition) is 0. The van der Waals surface area contributed by atoms with Crippen molar-refractivity contribution in [2.45, 2.75) is 106 Å². The molecular weight excluding hydrogens is 877 g/mol. The molecule has 293 valence electrons. The molecule has 0 aliphatic heterocycles. The van der Waals surface area contributed by atoms with E-state index in [4.69, 9.17) is 9.40 Å². The van der Waals surface area contributed by atoms with Crippen LogP contribution in [0, 0.1) is 31.9 Å². The summed E-state index contributed by atoms with van der Waals surface area (Å²) in [6, 6.07) is 37.0. The predicted octanol–water partition coefficient (Wildman–Crippen LogP) is 13.6. The molecule has 1 radical (unpaired) electrons. The van der Waals surface area contributed by atoms with Gasteiger partial charge in [-0.15, -0.1) is 53.1 Å². The summed E-state index contributed by atoms with van der Waals surface area (Å²) in [4.78, 5) is 9.42. The maximum absolute atomic E-state index is 6.43. The number of fused-ring (bicyclic) bond motifs is 3. The minimum Gasteiger partial charge on any atom is -0.501 e. The molecule has 3 aromatic heterocycles. The Bertz CT molecular complexity index is 2460. The van der Waals surface area contributed by atoms with E-state index in [2.05, 4.69) is 191 Å². The third-order valence-corrected chi connectivity index (χ3v) is 12.4. The van der Waals surface area contributed by atoms with E-state index in [1.165, 1.54) is 38.6 Å². The van der Waals surface area contributed by atoms with Crippen molar-refractivity contribution in [3.05, 3.63) is 137 Å². The molecule has 0 N–H and O–H groups in total. The van der Waals surface area contributed by atoms with Crippen molar-refractivity contribution in [3.63, 3.8) is 0 Å². The maximum atomic E-state index is 6.43. The average Bonchev–Trinajstić information content (AvgIpc) is 3.49. The van der Waals surface area contributed by atoms with E-state index < -0.39 is 8.07 Å². The van der Waals surface area contributed by atoms with Gasteiger partial charge in [0, 0.05) is 37.9 Å². The van der Waals surface area contributed by atoms with Gasteiger partial charge in [-0.05, 0) is 74.1 Å². The van der Waals surface area contributed by atoms with Crippen molar-refractivity contribution < 1.29 is 24.5 Å². The molecule has 7 rings (SSSR count). The first kappa shape index (κ1) is 43.0.